The Morgan fingerprint density at radius 2 is 1.58 bits per heavy atom. The number of hydrogen-bond acceptors (Lipinski definition) is 4. The van der Waals surface area contributed by atoms with Crippen LogP contribution in [0.2, 0.25) is 0 Å². The first kappa shape index (κ1) is 12.9. The fraction of sp³-hybridized carbons (Fsp3) is 0.231. The van der Waals surface area contributed by atoms with Crippen LogP contribution < -0.4 is 20.6 Å². The van der Waals surface area contributed by atoms with E-state index in [4.69, 9.17) is 9.47 Å². The molecule has 100 valence electrons. The number of aromatic amines is 2. The number of aryl methyl sites for hydroxylation is 1. The van der Waals surface area contributed by atoms with E-state index in [2.05, 4.69) is 10.2 Å². The Morgan fingerprint density at radius 3 is 2.21 bits per heavy atom. The topological polar surface area (TPSA) is 84.2 Å². The molecule has 2 N–H and O–H groups in total. The fourth-order valence-electron chi connectivity index (χ4n) is 1.88. The van der Waals surface area contributed by atoms with Crippen LogP contribution in [-0.2, 0) is 0 Å². The Morgan fingerprint density at radius 1 is 0.895 bits per heavy atom. The van der Waals surface area contributed by atoms with E-state index in [9.17, 15) is 9.59 Å². The van der Waals surface area contributed by atoms with Gasteiger partial charge in [0.15, 0.2) is 0 Å². The third-order valence-corrected chi connectivity index (χ3v) is 2.83. The molecule has 0 atom stereocenters. The summed E-state index contributed by atoms with van der Waals surface area (Å²) in [4.78, 5) is 23.1. The zero-order valence-electron chi connectivity index (χ0n) is 10.9. The molecular weight excluding hydrogens is 248 g/mol. The molecule has 19 heavy (non-hydrogen) atoms. The van der Waals surface area contributed by atoms with Gasteiger partial charge in [0.25, 0.3) is 11.1 Å². The van der Waals surface area contributed by atoms with Gasteiger partial charge in [-0.3, -0.25) is 19.8 Å². The van der Waals surface area contributed by atoms with Gasteiger partial charge in [-0.15, -0.1) is 0 Å². The Hall–Kier alpha value is -2.50. The van der Waals surface area contributed by atoms with Crippen molar-refractivity contribution in [1.29, 1.82) is 0 Å². The molecule has 1 heterocycles. The molecule has 2 aromatic rings. The minimum absolute atomic E-state index is 0.235. The van der Waals surface area contributed by atoms with E-state index in [1.54, 1.807) is 19.2 Å². The van der Waals surface area contributed by atoms with Gasteiger partial charge >= 0.3 is 0 Å². The third kappa shape index (κ3) is 2.37. The second kappa shape index (κ2) is 5.01. The van der Waals surface area contributed by atoms with E-state index in [0.717, 1.165) is 5.56 Å². The smallest absolute Gasteiger partial charge is 0.270 e. The summed E-state index contributed by atoms with van der Waals surface area (Å²) in [5, 5.41) is 4.50. The van der Waals surface area contributed by atoms with Gasteiger partial charge in [-0.05, 0) is 24.6 Å². The van der Waals surface area contributed by atoms with Gasteiger partial charge in [-0.2, -0.15) is 0 Å². The van der Waals surface area contributed by atoms with Gasteiger partial charge in [-0.1, -0.05) is 0 Å². The number of ether oxygens (including phenoxy) is 2. The van der Waals surface area contributed by atoms with Gasteiger partial charge in [0.2, 0.25) is 0 Å². The summed E-state index contributed by atoms with van der Waals surface area (Å²) in [7, 11) is 3.05. The molecule has 2 rings (SSSR count). The third-order valence-electron chi connectivity index (χ3n) is 2.83. The molecule has 0 fully saturated rings. The zero-order chi connectivity index (χ0) is 14.0. The van der Waals surface area contributed by atoms with Crippen LogP contribution in [0.3, 0.4) is 0 Å². The average molecular weight is 262 g/mol. The molecule has 0 saturated carbocycles. The SMILES string of the molecule is COc1cc(-c2cc(=O)[nH][nH]c2=O)c(OC)cc1C. The van der Waals surface area contributed by atoms with E-state index in [1.165, 1.54) is 13.2 Å². The highest BCUT2D eigenvalue weighted by atomic mass is 16.5. The summed E-state index contributed by atoms with van der Waals surface area (Å²) in [5.74, 6) is 1.13. The van der Waals surface area contributed by atoms with Crippen LogP contribution >= 0.6 is 0 Å². The number of benzene rings is 1. The molecule has 0 aliphatic rings. The number of aromatic nitrogens is 2. The quantitative estimate of drug-likeness (QED) is 0.866. The van der Waals surface area contributed by atoms with Crippen molar-refractivity contribution in [2.45, 2.75) is 6.92 Å². The molecule has 0 aliphatic carbocycles. The van der Waals surface area contributed by atoms with Crippen molar-refractivity contribution >= 4 is 0 Å². The predicted octanol–water partition coefficient (Wildman–Crippen LogP) is 1.06. The first-order valence-corrected chi connectivity index (χ1v) is 5.62. The van der Waals surface area contributed by atoms with E-state index in [0.29, 0.717) is 17.1 Å². The highest BCUT2D eigenvalue weighted by molar-refractivity contribution is 5.72. The van der Waals surface area contributed by atoms with Gasteiger partial charge in [0.1, 0.15) is 11.5 Å². The maximum Gasteiger partial charge on any atom is 0.270 e. The van der Waals surface area contributed by atoms with Gasteiger partial charge in [0.05, 0.1) is 19.8 Å². The molecule has 1 aromatic carbocycles. The molecule has 0 radical (unpaired) electrons. The number of hydrogen-bond donors (Lipinski definition) is 2. The van der Waals surface area contributed by atoms with E-state index >= 15 is 0 Å². The summed E-state index contributed by atoms with van der Waals surface area (Å²) < 4.78 is 10.5. The van der Waals surface area contributed by atoms with Crippen molar-refractivity contribution in [1.82, 2.24) is 10.2 Å². The van der Waals surface area contributed by atoms with Gasteiger partial charge in [0, 0.05) is 11.6 Å². The minimum atomic E-state index is -0.399. The van der Waals surface area contributed by atoms with E-state index in [1.807, 2.05) is 6.92 Å². The summed E-state index contributed by atoms with van der Waals surface area (Å²) in [5.41, 5.74) is 0.834. The standard InChI is InChI=1S/C13H14N2O4/c1-7-4-11(19-3)8(5-10(7)18-2)9-6-12(16)14-15-13(9)17/h4-6H,1-3H3,(H,14,16)(H,15,17). The molecule has 0 aliphatic heterocycles. The number of nitrogens with one attached hydrogen (secondary N) is 2. The molecule has 0 saturated heterocycles. The van der Waals surface area contributed by atoms with Crippen LogP contribution in [0.5, 0.6) is 11.5 Å². The number of H-pyrrole nitrogens is 2. The molecule has 0 amide bonds. The van der Waals surface area contributed by atoms with E-state index < -0.39 is 11.1 Å². The molecule has 0 spiro atoms. The number of rotatable bonds is 3. The highest BCUT2D eigenvalue weighted by Gasteiger charge is 2.13. The maximum absolute atomic E-state index is 11.8. The second-order valence-electron chi connectivity index (χ2n) is 4.02. The Balaban J connectivity index is 2.76. The summed E-state index contributed by atoms with van der Waals surface area (Å²) in [6, 6.07) is 4.67. The van der Waals surface area contributed by atoms with Crippen LogP contribution in [0.25, 0.3) is 11.1 Å². The normalized spacial score (nSPS) is 10.3. The van der Waals surface area contributed by atoms with E-state index in [-0.39, 0.29) is 5.56 Å². The van der Waals surface area contributed by atoms with Crippen LogP contribution in [0.4, 0.5) is 0 Å². The largest absolute Gasteiger partial charge is 0.496 e. The van der Waals surface area contributed by atoms with Crippen molar-refractivity contribution in [2.75, 3.05) is 14.2 Å². The first-order valence-electron chi connectivity index (χ1n) is 5.62. The summed E-state index contributed by atoms with van der Waals surface area (Å²) in [6.45, 7) is 1.87. The van der Waals surface area contributed by atoms with Crippen molar-refractivity contribution in [3.8, 4) is 22.6 Å². The van der Waals surface area contributed by atoms with Crippen molar-refractivity contribution in [3.63, 3.8) is 0 Å². The highest BCUT2D eigenvalue weighted by Crippen LogP contribution is 2.33. The van der Waals surface area contributed by atoms with Crippen molar-refractivity contribution < 1.29 is 9.47 Å². The lowest BCUT2D eigenvalue weighted by atomic mass is 10.0. The van der Waals surface area contributed by atoms with Crippen LogP contribution in [0.1, 0.15) is 5.56 Å². The lowest BCUT2D eigenvalue weighted by molar-refractivity contribution is 0.401. The van der Waals surface area contributed by atoms with Gasteiger partial charge < -0.3 is 9.47 Å². The van der Waals surface area contributed by atoms with Crippen molar-refractivity contribution in [2.24, 2.45) is 0 Å². The Labute approximate surface area is 109 Å². The summed E-state index contributed by atoms with van der Waals surface area (Å²) >= 11 is 0. The Kier molecular flexibility index (Phi) is 3.41. The molecule has 6 nitrogen and oxygen atoms in total. The zero-order valence-corrected chi connectivity index (χ0v) is 10.9. The molecular formula is C13H14N2O4. The molecule has 0 unspecified atom stereocenters. The first-order chi connectivity index (χ1) is 9.06. The van der Waals surface area contributed by atoms with Crippen LogP contribution in [-0.4, -0.2) is 24.4 Å². The summed E-state index contributed by atoms with van der Waals surface area (Å²) in [6.07, 6.45) is 0. The molecule has 6 heteroatoms. The fourth-order valence-corrected chi connectivity index (χ4v) is 1.88. The predicted molar refractivity (Wildman–Crippen MR) is 71.0 cm³/mol. The molecule has 1 aromatic heterocycles. The second-order valence-corrected chi connectivity index (χ2v) is 4.02. The Bertz CT molecular complexity index is 715. The van der Waals surface area contributed by atoms with Crippen LogP contribution in [0, 0.1) is 6.92 Å². The van der Waals surface area contributed by atoms with Crippen molar-refractivity contribution in [3.05, 3.63) is 44.5 Å². The lowest BCUT2D eigenvalue weighted by Crippen LogP contribution is -2.19. The monoisotopic (exact) mass is 262 g/mol. The minimum Gasteiger partial charge on any atom is -0.496 e. The van der Waals surface area contributed by atoms with Gasteiger partial charge in [-0.25, -0.2) is 0 Å². The maximum atomic E-state index is 11.8. The number of methoxy groups -OCH3 is 2. The van der Waals surface area contributed by atoms with Crippen LogP contribution in [0.15, 0.2) is 27.8 Å². The average Bonchev–Trinajstić information content (AvgIpc) is 2.41. The molecule has 0 bridgehead atoms. The lowest BCUT2D eigenvalue weighted by Gasteiger charge is -2.12.